The van der Waals surface area contributed by atoms with Gasteiger partial charge in [-0.1, -0.05) is 6.92 Å². The van der Waals surface area contributed by atoms with Gasteiger partial charge in [-0.3, -0.25) is 4.68 Å². The molecule has 2 atom stereocenters. The number of halogens is 1. The molecule has 0 amide bonds. The molecule has 0 radical (unpaired) electrons. The lowest BCUT2D eigenvalue weighted by atomic mass is 9.97. The normalized spacial score (nSPS) is 22.6. The van der Waals surface area contributed by atoms with Gasteiger partial charge in [-0.15, -0.1) is 0 Å². The molecule has 0 aliphatic carbocycles. The van der Waals surface area contributed by atoms with Gasteiger partial charge in [-0.05, 0) is 46.2 Å². The molecule has 1 fully saturated rings. The first-order valence-electron chi connectivity index (χ1n) is 5.78. The predicted molar refractivity (Wildman–Crippen MR) is 72.6 cm³/mol. The standard InChI is InChI=1S/C11H18BrN3S/c1-2-4-15-11(9(12)6-14-15)10(13)8-3-5-16-7-8/h6,8,10H,2-5,7,13H2,1H3. The lowest BCUT2D eigenvalue weighted by Crippen LogP contribution is -2.25. The smallest absolute Gasteiger partial charge is 0.0696 e. The molecule has 3 nitrogen and oxygen atoms in total. The summed E-state index contributed by atoms with van der Waals surface area (Å²) < 4.78 is 3.11. The number of rotatable bonds is 4. The fraction of sp³-hybridized carbons (Fsp3) is 0.727. The molecule has 1 saturated heterocycles. The van der Waals surface area contributed by atoms with Gasteiger partial charge in [0.1, 0.15) is 0 Å². The Hall–Kier alpha value is -0.0000000000000000555. The van der Waals surface area contributed by atoms with E-state index in [-0.39, 0.29) is 6.04 Å². The van der Waals surface area contributed by atoms with E-state index in [0.717, 1.165) is 17.4 Å². The van der Waals surface area contributed by atoms with E-state index in [1.165, 1.54) is 23.6 Å². The van der Waals surface area contributed by atoms with Gasteiger partial charge >= 0.3 is 0 Å². The topological polar surface area (TPSA) is 43.8 Å². The second-order valence-corrected chi connectivity index (χ2v) is 6.25. The van der Waals surface area contributed by atoms with E-state index in [1.807, 2.05) is 18.0 Å². The van der Waals surface area contributed by atoms with Crippen LogP contribution in [0.3, 0.4) is 0 Å². The summed E-state index contributed by atoms with van der Waals surface area (Å²) in [7, 11) is 0. The molecule has 2 rings (SSSR count). The van der Waals surface area contributed by atoms with Crippen molar-refractivity contribution in [3.63, 3.8) is 0 Å². The van der Waals surface area contributed by atoms with Crippen molar-refractivity contribution in [1.82, 2.24) is 9.78 Å². The predicted octanol–water partition coefficient (Wildman–Crippen LogP) is 2.81. The van der Waals surface area contributed by atoms with Crippen molar-refractivity contribution in [1.29, 1.82) is 0 Å². The van der Waals surface area contributed by atoms with Crippen molar-refractivity contribution in [3.8, 4) is 0 Å². The maximum Gasteiger partial charge on any atom is 0.0696 e. The monoisotopic (exact) mass is 303 g/mol. The van der Waals surface area contributed by atoms with Crippen LogP contribution in [0.5, 0.6) is 0 Å². The van der Waals surface area contributed by atoms with Gasteiger partial charge in [0.05, 0.1) is 22.4 Å². The van der Waals surface area contributed by atoms with E-state index in [4.69, 9.17) is 5.73 Å². The molecule has 0 bridgehead atoms. The summed E-state index contributed by atoms with van der Waals surface area (Å²) in [5.74, 6) is 3.04. The Morgan fingerprint density at radius 3 is 3.19 bits per heavy atom. The van der Waals surface area contributed by atoms with Crippen molar-refractivity contribution in [2.24, 2.45) is 11.7 Å². The average Bonchev–Trinajstić information content (AvgIpc) is 2.88. The summed E-state index contributed by atoms with van der Waals surface area (Å²) in [6, 6.07) is 0.124. The van der Waals surface area contributed by atoms with Crippen LogP contribution in [0.25, 0.3) is 0 Å². The van der Waals surface area contributed by atoms with E-state index >= 15 is 0 Å². The van der Waals surface area contributed by atoms with E-state index in [2.05, 4.69) is 32.6 Å². The molecule has 2 heterocycles. The molecule has 5 heteroatoms. The van der Waals surface area contributed by atoms with Gasteiger partial charge in [0.15, 0.2) is 0 Å². The van der Waals surface area contributed by atoms with Crippen LogP contribution in [0.1, 0.15) is 31.5 Å². The highest BCUT2D eigenvalue weighted by Gasteiger charge is 2.27. The summed E-state index contributed by atoms with van der Waals surface area (Å²) in [6.07, 6.45) is 4.19. The Kier molecular flexibility index (Phi) is 4.33. The van der Waals surface area contributed by atoms with Crippen molar-refractivity contribution in [2.75, 3.05) is 11.5 Å². The lowest BCUT2D eigenvalue weighted by Gasteiger charge is -2.20. The zero-order valence-electron chi connectivity index (χ0n) is 9.53. The minimum Gasteiger partial charge on any atom is -0.322 e. The van der Waals surface area contributed by atoms with Crippen molar-refractivity contribution in [2.45, 2.75) is 32.4 Å². The highest BCUT2D eigenvalue weighted by atomic mass is 79.9. The second kappa shape index (κ2) is 5.56. The number of hydrogen-bond donors (Lipinski definition) is 1. The molecule has 0 aromatic carbocycles. The number of aryl methyl sites for hydroxylation is 1. The molecule has 0 spiro atoms. The number of hydrogen-bond acceptors (Lipinski definition) is 3. The van der Waals surface area contributed by atoms with Gasteiger partial charge in [0, 0.05) is 6.54 Å². The van der Waals surface area contributed by atoms with Crippen LogP contribution in [0.2, 0.25) is 0 Å². The molecule has 1 aliphatic rings. The summed E-state index contributed by atoms with van der Waals surface area (Å²) in [4.78, 5) is 0. The Morgan fingerprint density at radius 1 is 1.75 bits per heavy atom. The van der Waals surface area contributed by atoms with Crippen LogP contribution in [0.4, 0.5) is 0 Å². The maximum atomic E-state index is 6.37. The van der Waals surface area contributed by atoms with Crippen LogP contribution < -0.4 is 5.73 Å². The minimum absolute atomic E-state index is 0.124. The highest BCUT2D eigenvalue weighted by Crippen LogP contribution is 2.35. The van der Waals surface area contributed by atoms with Crippen LogP contribution >= 0.6 is 27.7 Å². The van der Waals surface area contributed by atoms with Crippen molar-refractivity contribution < 1.29 is 0 Å². The molecular weight excluding hydrogens is 286 g/mol. The second-order valence-electron chi connectivity index (χ2n) is 4.25. The summed E-state index contributed by atoms with van der Waals surface area (Å²) in [5, 5.41) is 4.38. The molecule has 1 aromatic rings. The number of nitrogens with two attached hydrogens (primary N) is 1. The Bertz CT molecular complexity index is 347. The summed E-state index contributed by atoms with van der Waals surface area (Å²) >= 11 is 5.57. The lowest BCUT2D eigenvalue weighted by molar-refractivity contribution is 0.437. The quantitative estimate of drug-likeness (QED) is 0.930. The molecule has 2 N–H and O–H groups in total. The Labute approximate surface area is 109 Å². The third-order valence-corrected chi connectivity index (χ3v) is 4.86. The zero-order chi connectivity index (χ0) is 11.5. The van der Waals surface area contributed by atoms with E-state index < -0.39 is 0 Å². The van der Waals surface area contributed by atoms with E-state index in [1.54, 1.807) is 0 Å². The minimum atomic E-state index is 0.124. The largest absolute Gasteiger partial charge is 0.322 e. The van der Waals surface area contributed by atoms with E-state index in [0.29, 0.717) is 5.92 Å². The van der Waals surface area contributed by atoms with E-state index in [9.17, 15) is 0 Å². The van der Waals surface area contributed by atoms with Gasteiger partial charge in [0.2, 0.25) is 0 Å². The van der Waals surface area contributed by atoms with Crippen LogP contribution in [0.15, 0.2) is 10.7 Å². The van der Waals surface area contributed by atoms with Crippen LogP contribution in [0, 0.1) is 5.92 Å². The molecule has 1 aromatic heterocycles. The molecule has 1 aliphatic heterocycles. The first-order valence-corrected chi connectivity index (χ1v) is 7.73. The Morgan fingerprint density at radius 2 is 2.56 bits per heavy atom. The number of thioether (sulfide) groups is 1. The molecule has 16 heavy (non-hydrogen) atoms. The van der Waals surface area contributed by atoms with Gasteiger partial charge < -0.3 is 5.73 Å². The SMILES string of the molecule is CCCn1ncc(Br)c1C(N)C1CCSC1. The third kappa shape index (κ3) is 2.46. The fourth-order valence-electron chi connectivity index (χ4n) is 2.15. The van der Waals surface area contributed by atoms with Gasteiger partial charge in [0.25, 0.3) is 0 Å². The number of nitrogens with zero attached hydrogens (tertiary/aromatic N) is 2. The molecular formula is C11H18BrN3S. The maximum absolute atomic E-state index is 6.37. The summed E-state index contributed by atoms with van der Waals surface area (Å²) in [5.41, 5.74) is 7.55. The fourth-order valence-corrected chi connectivity index (χ4v) is 4.03. The van der Waals surface area contributed by atoms with Crippen LogP contribution in [-0.4, -0.2) is 21.3 Å². The van der Waals surface area contributed by atoms with Gasteiger partial charge in [-0.2, -0.15) is 16.9 Å². The van der Waals surface area contributed by atoms with Crippen molar-refractivity contribution >= 4 is 27.7 Å². The zero-order valence-corrected chi connectivity index (χ0v) is 11.9. The Balaban J connectivity index is 2.19. The van der Waals surface area contributed by atoms with Crippen molar-refractivity contribution in [3.05, 3.63) is 16.4 Å². The molecule has 0 saturated carbocycles. The third-order valence-electron chi connectivity index (χ3n) is 3.06. The highest BCUT2D eigenvalue weighted by molar-refractivity contribution is 9.10. The molecule has 2 unspecified atom stereocenters. The first kappa shape index (κ1) is 12.5. The van der Waals surface area contributed by atoms with Crippen LogP contribution in [-0.2, 0) is 6.54 Å². The van der Waals surface area contributed by atoms with Gasteiger partial charge in [-0.25, -0.2) is 0 Å². The number of aromatic nitrogens is 2. The molecule has 90 valence electrons. The first-order chi connectivity index (χ1) is 7.74. The average molecular weight is 304 g/mol. The summed E-state index contributed by atoms with van der Waals surface area (Å²) in [6.45, 7) is 3.12.